The van der Waals surface area contributed by atoms with Gasteiger partial charge < -0.3 is 14.7 Å². The predicted molar refractivity (Wildman–Crippen MR) is 131 cm³/mol. The molecule has 1 saturated heterocycles. The van der Waals surface area contributed by atoms with Crippen LogP contribution >= 0.6 is 0 Å². The molecule has 1 aromatic heterocycles. The highest BCUT2D eigenvalue weighted by atomic mass is 32.2. The first-order valence-electron chi connectivity index (χ1n) is 11.4. The number of benzene rings is 2. The molecule has 8 nitrogen and oxygen atoms in total. The van der Waals surface area contributed by atoms with Gasteiger partial charge in [0.2, 0.25) is 5.95 Å². The summed E-state index contributed by atoms with van der Waals surface area (Å²) in [6.45, 7) is 2.28. The Morgan fingerprint density at radius 1 is 1.00 bits per heavy atom. The van der Waals surface area contributed by atoms with Crippen LogP contribution in [0, 0.1) is 11.7 Å². The molecule has 0 saturated carbocycles. The predicted octanol–water partition coefficient (Wildman–Crippen LogP) is 4.61. The number of carboxylic acid groups (broad SMARTS) is 1. The summed E-state index contributed by atoms with van der Waals surface area (Å²) in [5, 5.41) is 7.12. The van der Waals surface area contributed by atoms with E-state index in [1.807, 2.05) is 36.4 Å². The van der Waals surface area contributed by atoms with Crippen LogP contribution < -0.4 is 9.64 Å². The van der Waals surface area contributed by atoms with Gasteiger partial charge in [-0.3, -0.25) is 0 Å². The zero-order valence-electron chi connectivity index (χ0n) is 20.2. The smallest absolute Gasteiger partial charge is 0.490 e. The molecule has 2 heterocycles. The SMILES string of the molecule is CS(=O)(=O)c1ccc(-c2ccc(OCC3CCN(c4ncc(F)cn4)CC3)cc2)cc1.O=C(O)C(F)(F)F. The van der Waals surface area contributed by atoms with E-state index in [0.29, 0.717) is 23.4 Å². The molecule has 1 aliphatic rings. The number of aromatic nitrogens is 2. The molecule has 0 amide bonds. The largest absolute Gasteiger partial charge is 0.493 e. The lowest BCUT2D eigenvalue weighted by Crippen LogP contribution is -2.36. The van der Waals surface area contributed by atoms with E-state index < -0.39 is 27.8 Å². The molecule has 1 N–H and O–H groups in total. The highest BCUT2D eigenvalue weighted by Crippen LogP contribution is 2.26. The van der Waals surface area contributed by atoms with Gasteiger partial charge in [0, 0.05) is 19.3 Å². The fourth-order valence-electron chi connectivity index (χ4n) is 3.62. The number of hydrogen-bond donors (Lipinski definition) is 1. The number of alkyl halides is 3. The average Bonchev–Trinajstić information content (AvgIpc) is 2.88. The molecule has 13 heteroatoms. The van der Waals surface area contributed by atoms with Crippen molar-refractivity contribution < 1.29 is 40.6 Å². The minimum Gasteiger partial charge on any atom is -0.493 e. The number of carbonyl (C=O) groups is 1. The van der Waals surface area contributed by atoms with Gasteiger partial charge in [0.1, 0.15) is 5.75 Å². The van der Waals surface area contributed by atoms with Gasteiger partial charge in [0.05, 0.1) is 23.9 Å². The summed E-state index contributed by atoms with van der Waals surface area (Å²) < 4.78 is 73.9. The molecule has 0 bridgehead atoms. The van der Waals surface area contributed by atoms with E-state index in [9.17, 15) is 26.0 Å². The van der Waals surface area contributed by atoms with Gasteiger partial charge in [0.25, 0.3) is 0 Å². The van der Waals surface area contributed by atoms with Crippen molar-refractivity contribution in [2.45, 2.75) is 23.9 Å². The normalized spacial score (nSPS) is 14.4. The molecule has 0 aliphatic carbocycles. The number of anilines is 1. The Labute approximate surface area is 216 Å². The van der Waals surface area contributed by atoms with Gasteiger partial charge in [-0.2, -0.15) is 13.2 Å². The van der Waals surface area contributed by atoms with Crippen molar-refractivity contribution in [2.24, 2.45) is 5.92 Å². The van der Waals surface area contributed by atoms with E-state index in [4.69, 9.17) is 14.6 Å². The molecule has 0 unspecified atom stereocenters. The zero-order valence-corrected chi connectivity index (χ0v) is 21.0. The molecule has 204 valence electrons. The maximum atomic E-state index is 13.0. The van der Waals surface area contributed by atoms with Crippen LogP contribution in [-0.4, -0.2) is 61.6 Å². The number of sulfone groups is 1. The van der Waals surface area contributed by atoms with Gasteiger partial charge in [-0.05, 0) is 54.2 Å². The average molecular weight is 556 g/mol. The van der Waals surface area contributed by atoms with Crippen molar-refractivity contribution in [2.75, 3.05) is 30.9 Å². The second-order valence-electron chi connectivity index (χ2n) is 8.57. The second kappa shape index (κ2) is 12.2. The van der Waals surface area contributed by atoms with Crippen molar-refractivity contribution in [1.29, 1.82) is 0 Å². The van der Waals surface area contributed by atoms with Crippen LogP contribution in [0.3, 0.4) is 0 Å². The fraction of sp³-hybridized carbons (Fsp3) is 0.320. The highest BCUT2D eigenvalue weighted by Gasteiger charge is 2.38. The molecule has 1 aliphatic heterocycles. The van der Waals surface area contributed by atoms with Gasteiger partial charge >= 0.3 is 12.1 Å². The molecule has 0 spiro atoms. The quantitative estimate of drug-likeness (QED) is 0.439. The molecule has 0 radical (unpaired) electrons. The molecule has 4 rings (SSSR count). The summed E-state index contributed by atoms with van der Waals surface area (Å²) in [5.41, 5.74) is 1.95. The number of halogens is 4. The van der Waals surface area contributed by atoms with Crippen molar-refractivity contribution in [3.8, 4) is 16.9 Å². The van der Waals surface area contributed by atoms with Crippen molar-refractivity contribution in [3.63, 3.8) is 0 Å². The van der Waals surface area contributed by atoms with E-state index in [-0.39, 0.29) is 0 Å². The number of carboxylic acids is 1. The van der Waals surface area contributed by atoms with E-state index in [2.05, 4.69) is 14.9 Å². The monoisotopic (exact) mass is 555 g/mol. The minimum absolute atomic E-state index is 0.313. The van der Waals surface area contributed by atoms with Crippen molar-refractivity contribution in [3.05, 3.63) is 66.7 Å². The Kier molecular flexibility index (Phi) is 9.26. The van der Waals surface area contributed by atoms with Crippen LogP contribution in [0.2, 0.25) is 0 Å². The van der Waals surface area contributed by atoms with E-state index in [0.717, 1.165) is 42.8 Å². The maximum absolute atomic E-state index is 13.0. The molecule has 38 heavy (non-hydrogen) atoms. The molecular weight excluding hydrogens is 530 g/mol. The third kappa shape index (κ3) is 8.40. The number of piperidine rings is 1. The van der Waals surface area contributed by atoms with Crippen LogP contribution in [0.15, 0.2) is 65.8 Å². The summed E-state index contributed by atoms with van der Waals surface area (Å²) in [7, 11) is -3.19. The Morgan fingerprint density at radius 2 is 1.47 bits per heavy atom. The number of rotatable bonds is 6. The third-order valence-corrected chi connectivity index (χ3v) is 6.83. The fourth-order valence-corrected chi connectivity index (χ4v) is 4.25. The second-order valence-corrected chi connectivity index (χ2v) is 10.6. The maximum Gasteiger partial charge on any atom is 0.490 e. The summed E-state index contributed by atoms with van der Waals surface area (Å²) in [6.07, 6.45) is 0.439. The number of aliphatic carboxylic acids is 1. The van der Waals surface area contributed by atoms with Gasteiger partial charge in [0.15, 0.2) is 15.7 Å². The molecule has 2 aromatic carbocycles. The molecule has 1 fully saturated rings. The van der Waals surface area contributed by atoms with Crippen LogP contribution in [0.5, 0.6) is 5.75 Å². The van der Waals surface area contributed by atoms with E-state index in [1.165, 1.54) is 18.6 Å². The molecule has 0 atom stereocenters. The van der Waals surface area contributed by atoms with E-state index >= 15 is 0 Å². The highest BCUT2D eigenvalue weighted by molar-refractivity contribution is 7.90. The van der Waals surface area contributed by atoms with Crippen molar-refractivity contribution >= 4 is 21.8 Å². The molecule has 3 aromatic rings. The number of nitrogens with zero attached hydrogens (tertiary/aromatic N) is 3. The van der Waals surface area contributed by atoms with Crippen molar-refractivity contribution in [1.82, 2.24) is 9.97 Å². The van der Waals surface area contributed by atoms with Crippen LogP contribution in [-0.2, 0) is 14.6 Å². The first-order valence-corrected chi connectivity index (χ1v) is 13.3. The van der Waals surface area contributed by atoms with Gasteiger partial charge in [-0.15, -0.1) is 0 Å². The zero-order chi connectivity index (χ0) is 27.9. The lowest BCUT2D eigenvalue weighted by Gasteiger charge is -2.31. The van der Waals surface area contributed by atoms with Crippen LogP contribution in [0.25, 0.3) is 11.1 Å². The first kappa shape index (κ1) is 28.8. The summed E-state index contributed by atoms with van der Waals surface area (Å²) in [5.74, 6) is -1.36. The Bertz CT molecular complexity index is 1310. The first-order chi connectivity index (χ1) is 17.8. The van der Waals surface area contributed by atoms with E-state index in [1.54, 1.807) is 12.1 Å². The van der Waals surface area contributed by atoms with Crippen LogP contribution in [0.1, 0.15) is 12.8 Å². The topological polar surface area (TPSA) is 110 Å². The Morgan fingerprint density at radius 3 is 1.92 bits per heavy atom. The van der Waals surface area contributed by atoms with Crippen LogP contribution in [0.4, 0.5) is 23.5 Å². The Hall–Kier alpha value is -3.74. The number of hydrogen-bond acceptors (Lipinski definition) is 7. The minimum atomic E-state index is -5.08. The lowest BCUT2D eigenvalue weighted by molar-refractivity contribution is -0.192. The summed E-state index contributed by atoms with van der Waals surface area (Å²) in [6, 6.07) is 14.7. The molecular formula is C25H25F4N3O5S. The summed E-state index contributed by atoms with van der Waals surface area (Å²) >= 11 is 0. The van der Waals surface area contributed by atoms with Gasteiger partial charge in [-0.1, -0.05) is 24.3 Å². The number of ether oxygens (including phenoxy) is 1. The summed E-state index contributed by atoms with van der Waals surface area (Å²) in [4.78, 5) is 19.4. The standard InChI is InChI=1S/C23H24FN3O3S.C2HF3O2/c1-31(28,29)22-8-4-19(5-9-22)18-2-6-21(7-3-18)30-16-17-10-12-27(13-11-17)23-25-14-20(24)15-26-23;3-2(4,5)1(6)7/h2-9,14-15,17H,10-13,16H2,1H3;(H,6,7). The Balaban J connectivity index is 0.000000505. The lowest BCUT2D eigenvalue weighted by atomic mass is 9.98. The van der Waals surface area contributed by atoms with Gasteiger partial charge in [-0.25, -0.2) is 27.6 Å². The third-order valence-electron chi connectivity index (χ3n) is 5.70.